The number of phenols is 1. The maximum absolute atomic E-state index is 9.87. The van der Waals surface area contributed by atoms with E-state index in [2.05, 4.69) is 4.98 Å². The molecule has 0 fully saturated rings. The number of rotatable bonds is 2. The summed E-state index contributed by atoms with van der Waals surface area (Å²) in [6.45, 7) is 0. The van der Waals surface area contributed by atoms with Crippen molar-refractivity contribution in [2.45, 2.75) is 31.9 Å². The third-order valence-electron chi connectivity index (χ3n) is 3.36. The second kappa shape index (κ2) is 4.46. The monoisotopic (exact) mass is 244 g/mol. The average molecular weight is 244 g/mol. The Hall–Kier alpha value is -1.81. The number of aliphatic hydroxyl groups excluding tert-OH is 1. The summed E-state index contributed by atoms with van der Waals surface area (Å²) in [5, 5.41) is 19.1. The van der Waals surface area contributed by atoms with E-state index in [1.54, 1.807) is 12.1 Å². The molecule has 0 radical (unpaired) electrons. The average Bonchev–Trinajstić information content (AvgIpc) is 2.76. The van der Waals surface area contributed by atoms with Crippen LogP contribution >= 0.6 is 0 Å². The highest BCUT2D eigenvalue weighted by Crippen LogP contribution is 2.23. The van der Waals surface area contributed by atoms with Crippen LogP contribution in [0, 0.1) is 0 Å². The van der Waals surface area contributed by atoms with Gasteiger partial charge < -0.3 is 14.8 Å². The van der Waals surface area contributed by atoms with Gasteiger partial charge in [0.1, 0.15) is 17.8 Å². The van der Waals surface area contributed by atoms with Gasteiger partial charge in [0, 0.05) is 19.0 Å². The molecule has 0 amide bonds. The van der Waals surface area contributed by atoms with Gasteiger partial charge >= 0.3 is 0 Å². The first-order valence-corrected chi connectivity index (χ1v) is 6.25. The van der Waals surface area contributed by atoms with Crippen molar-refractivity contribution in [2.24, 2.45) is 0 Å². The van der Waals surface area contributed by atoms with Crippen LogP contribution < -0.4 is 0 Å². The molecule has 0 spiro atoms. The van der Waals surface area contributed by atoms with E-state index in [0.29, 0.717) is 0 Å². The molecule has 1 aromatic carbocycles. The molecule has 1 aliphatic rings. The lowest BCUT2D eigenvalue weighted by molar-refractivity contribution is 0.0780. The lowest BCUT2D eigenvalue weighted by Gasteiger charge is -2.19. The van der Waals surface area contributed by atoms with Crippen LogP contribution in [0.15, 0.2) is 30.5 Å². The van der Waals surface area contributed by atoms with Crippen molar-refractivity contribution in [3.63, 3.8) is 0 Å². The Bertz CT molecular complexity index is 545. The zero-order valence-electron chi connectivity index (χ0n) is 10.1. The highest BCUT2D eigenvalue weighted by Gasteiger charge is 2.19. The number of phenolic OH excluding ortho intramolecular Hbond substituents is 1. The summed E-state index contributed by atoms with van der Waals surface area (Å²) >= 11 is 0. The van der Waals surface area contributed by atoms with Crippen molar-refractivity contribution in [1.29, 1.82) is 0 Å². The maximum atomic E-state index is 9.87. The van der Waals surface area contributed by atoms with Crippen LogP contribution in [0.25, 0.3) is 0 Å². The van der Waals surface area contributed by atoms with Gasteiger partial charge in [0.15, 0.2) is 0 Å². The molecule has 0 saturated heterocycles. The first-order chi connectivity index (χ1) is 8.72. The molecule has 4 heteroatoms. The zero-order valence-corrected chi connectivity index (χ0v) is 10.1. The molecule has 0 aliphatic carbocycles. The minimum Gasteiger partial charge on any atom is -0.508 e. The van der Waals surface area contributed by atoms with Crippen LogP contribution in [0.3, 0.4) is 0 Å². The third kappa shape index (κ3) is 2.11. The first kappa shape index (κ1) is 11.3. The van der Waals surface area contributed by atoms with Gasteiger partial charge in [-0.2, -0.15) is 0 Å². The Morgan fingerprint density at radius 1 is 1.28 bits per heavy atom. The van der Waals surface area contributed by atoms with Crippen molar-refractivity contribution in [2.75, 3.05) is 0 Å². The van der Waals surface area contributed by atoms with Crippen LogP contribution in [0.5, 0.6) is 5.75 Å². The second-order valence-electron chi connectivity index (χ2n) is 4.77. The number of benzene rings is 1. The zero-order chi connectivity index (χ0) is 12.5. The van der Waals surface area contributed by atoms with Crippen molar-refractivity contribution in [3.8, 4) is 5.75 Å². The minimum atomic E-state index is -0.421. The second-order valence-corrected chi connectivity index (χ2v) is 4.77. The molecule has 4 nitrogen and oxygen atoms in total. The molecule has 1 atom stereocenters. The molecular weight excluding hydrogens is 228 g/mol. The molecule has 3 rings (SSSR count). The molecular formula is C14H16N2O2. The van der Waals surface area contributed by atoms with E-state index >= 15 is 0 Å². The normalized spacial score (nSPS) is 18.6. The smallest absolute Gasteiger partial charge is 0.131 e. The van der Waals surface area contributed by atoms with E-state index in [1.165, 1.54) is 0 Å². The molecule has 2 N–H and O–H groups in total. The SMILES string of the molecule is Oc1ccc(Cc2cn3c(n2)CCCC3O)cc1. The van der Waals surface area contributed by atoms with Crippen molar-refractivity contribution < 1.29 is 10.2 Å². The Kier molecular flexibility index (Phi) is 2.80. The Labute approximate surface area is 106 Å². The van der Waals surface area contributed by atoms with Crippen molar-refractivity contribution in [1.82, 2.24) is 9.55 Å². The van der Waals surface area contributed by atoms with Crippen LogP contribution in [0.1, 0.15) is 36.2 Å². The molecule has 94 valence electrons. The fourth-order valence-corrected chi connectivity index (χ4v) is 2.42. The van der Waals surface area contributed by atoms with Crippen LogP contribution in [-0.4, -0.2) is 19.8 Å². The highest BCUT2D eigenvalue weighted by molar-refractivity contribution is 5.28. The predicted molar refractivity (Wildman–Crippen MR) is 67.3 cm³/mol. The number of hydrogen-bond donors (Lipinski definition) is 2. The number of aliphatic hydroxyl groups is 1. The number of hydrogen-bond acceptors (Lipinski definition) is 3. The van der Waals surface area contributed by atoms with E-state index < -0.39 is 6.23 Å². The molecule has 18 heavy (non-hydrogen) atoms. The quantitative estimate of drug-likeness (QED) is 0.849. The summed E-state index contributed by atoms with van der Waals surface area (Å²) < 4.78 is 1.87. The fourth-order valence-electron chi connectivity index (χ4n) is 2.42. The summed E-state index contributed by atoms with van der Waals surface area (Å²) in [7, 11) is 0. The van der Waals surface area contributed by atoms with E-state index in [-0.39, 0.29) is 5.75 Å². The summed E-state index contributed by atoms with van der Waals surface area (Å²) in [5.74, 6) is 1.25. The van der Waals surface area contributed by atoms with E-state index in [0.717, 1.165) is 42.8 Å². The summed E-state index contributed by atoms with van der Waals surface area (Å²) in [5.41, 5.74) is 2.08. The minimum absolute atomic E-state index is 0.276. The Morgan fingerprint density at radius 3 is 2.78 bits per heavy atom. The van der Waals surface area contributed by atoms with Crippen LogP contribution in [0.4, 0.5) is 0 Å². The molecule has 2 heterocycles. The van der Waals surface area contributed by atoms with Gasteiger partial charge in [-0.25, -0.2) is 4.98 Å². The largest absolute Gasteiger partial charge is 0.508 e. The van der Waals surface area contributed by atoms with Gasteiger partial charge in [0.05, 0.1) is 5.69 Å². The van der Waals surface area contributed by atoms with Gasteiger partial charge in [0.2, 0.25) is 0 Å². The van der Waals surface area contributed by atoms with Gasteiger partial charge in [-0.1, -0.05) is 12.1 Å². The molecule has 1 aliphatic heterocycles. The van der Waals surface area contributed by atoms with E-state index in [4.69, 9.17) is 0 Å². The standard InChI is InChI=1S/C14H16N2O2/c17-12-6-4-10(5-7-12)8-11-9-16-13(15-11)2-1-3-14(16)18/h4-7,9,14,17-18H,1-3,8H2. The number of aromatic nitrogens is 2. The van der Waals surface area contributed by atoms with Gasteiger partial charge in [0.25, 0.3) is 0 Å². The lowest BCUT2D eigenvalue weighted by atomic mass is 10.1. The van der Waals surface area contributed by atoms with Gasteiger partial charge in [-0.3, -0.25) is 0 Å². The van der Waals surface area contributed by atoms with E-state index in [1.807, 2.05) is 22.9 Å². The predicted octanol–water partition coefficient (Wildman–Crippen LogP) is 2.01. The number of fused-ring (bicyclic) bond motifs is 1. The van der Waals surface area contributed by atoms with E-state index in [9.17, 15) is 10.2 Å². The third-order valence-corrected chi connectivity index (χ3v) is 3.36. The first-order valence-electron chi connectivity index (χ1n) is 6.25. The number of nitrogens with zero attached hydrogens (tertiary/aromatic N) is 2. The van der Waals surface area contributed by atoms with Crippen molar-refractivity contribution >= 4 is 0 Å². The fraction of sp³-hybridized carbons (Fsp3) is 0.357. The summed E-state index contributed by atoms with van der Waals surface area (Å²) in [6, 6.07) is 7.15. The van der Waals surface area contributed by atoms with Gasteiger partial charge in [-0.05, 0) is 30.5 Å². The van der Waals surface area contributed by atoms with Gasteiger partial charge in [-0.15, -0.1) is 0 Å². The number of aromatic hydroxyl groups is 1. The topological polar surface area (TPSA) is 58.3 Å². The summed E-state index contributed by atoms with van der Waals surface area (Å²) in [4.78, 5) is 4.56. The lowest BCUT2D eigenvalue weighted by Crippen LogP contribution is -2.16. The maximum Gasteiger partial charge on any atom is 0.131 e. The molecule has 2 aromatic rings. The molecule has 0 saturated carbocycles. The molecule has 1 aromatic heterocycles. The molecule has 0 bridgehead atoms. The van der Waals surface area contributed by atoms with Crippen molar-refractivity contribution in [3.05, 3.63) is 47.5 Å². The molecule has 1 unspecified atom stereocenters. The number of imidazole rings is 1. The van der Waals surface area contributed by atoms with Crippen LogP contribution in [-0.2, 0) is 12.8 Å². The number of aryl methyl sites for hydroxylation is 1. The highest BCUT2D eigenvalue weighted by atomic mass is 16.3. The summed E-state index contributed by atoms with van der Waals surface area (Å²) in [6.07, 6.45) is 4.99. The van der Waals surface area contributed by atoms with Crippen LogP contribution in [0.2, 0.25) is 0 Å². The Balaban J connectivity index is 1.83. The Morgan fingerprint density at radius 2 is 2.06 bits per heavy atom.